The fraction of sp³-hybridized carbons (Fsp3) is 0.769. The molecule has 1 amide bonds. The molecule has 3 N–H and O–H groups in total. The number of carbonyl (C=O) groups excluding carboxylic acids is 1. The van der Waals surface area contributed by atoms with Crippen molar-refractivity contribution in [3.05, 3.63) is 11.7 Å². The highest BCUT2D eigenvalue weighted by atomic mass is 16.5. The van der Waals surface area contributed by atoms with Gasteiger partial charge in [0.05, 0.1) is 0 Å². The Bertz CT molecular complexity index is 455. The number of nitrogens with one attached hydrogen (secondary N) is 1. The lowest BCUT2D eigenvalue weighted by molar-refractivity contribution is 0.0937. The summed E-state index contributed by atoms with van der Waals surface area (Å²) < 4.78 is 5.28. The van der Waals surface area contributed by atoms with Crippen molar-refractivity contribution in [2.75, 3.05) is 6.54 Å². The molecule has 0 bridgehead atoms. The first-order valence-corrected chi connectivity index (χ1v) is 7.12. The number of carbonyl (C=O) groups is 1. The second-order valence-electron chi connectivity index (χ2n) is 5.59. The van der Waals surface area contributed by atoms with E-state index in [1.165, 1.54) is 6.42 Å². The van der Waals surface area contributed by atoms with E-state index in [0.29, 0.717) is 24.4 Å². The molecule has 2 aliphatic carbocycles. The molecule has 3 rings (SSSR count). The van der Waals surface area contributed by atoms with Crippen LogP contribution in [0.2, 0.25) is 0 Å². The first-order valence-electron chi connectivity index (χ1n) is 7.12. The third-order valence-electron chi connectivity index (χ3n) is 4.09. The van der Waals surface area contributed by atoms with Crippen molar-refractivity contribution >= 4 is 5.91 Å². The zero-order valence-corrected chi connectivity index (χ0v) is 11.0. The largest absolute Gasteiger partial charge is 0.346 e. The maximum Gasteiger partial charge on any atom is 0.292 e. The van der Waals surface area contributed by atoms with Crippen LogP contribution in [0.5, 0.6) is 0 Å². The monoisotopic (exact) mass is 264 g/mol. The molecular weight excluding hydrogens is 244 g/mol. The summed E-state index contributed by atoms with van der Waals surface area (Å²) >= 11 is 0. The SMILES string of the molecule is NCC1CCCCC1c1nc(C(=O)NC2CC2)no1. The molecule has 1 aromatic rings. The Balaban J connectivity index is 1.70. The molecule has 0 spiro atoms. The van der Waals surface area contributed by atoms with Crippen molar-refractivity contribution in [1.29, 1.82) is 0 Å². The first-order chi connectivity index (χ1) is 9.28. The number of amides is 1. The zero-order chi connectivity index (χ0) is 13.2. The molecule has 6 nitrogen and oxygen atoms in total. The Hall–Kier alpha value is -1.43. The number of nitrogens with two attached hydrogens (primary N) is 1. The van der Waals surface area contributed by atoms with Gasteiger partial charge in [0.15, 0.2) is 0 Å². The van der Waals surface area contributed by atoms with Gasteiger partial charge in [-0.25, -0.2) is 0 Å². The minimum absolute atomic E-state index is 0.156. The van der Waals surface area contributed by atoms with Gasteiger partial charge in [-0.15, -0.1) is 0 Å². The van der Waals surface area contributed by atoms with Gasteiger partial charge >= 0.3 is 0 Å². The van der Waals surface area contributed by atoms with Crippen LogP contribution in [0.3, 0.4) is 0 Å². The van der Waals surface area contributed by atoms with Gasteiger partial charge in [-0.2, -0.15) is 4.98 Å². The Labute approximate surface area is 112 Å². The summed E-state index contributed by atoms with van der Waals surface area (Å²) in [6.45, 7) is 0.636. The molecule has 0 aromatic carbocycles. The predicted octanol–water partition coefficient (Wildman–Crippen LogP) is 1.19. The van der Waals surface area contributed by atoms with Gasteiger partial charge in [0.1, 0.15) is 0 Å². The maximum absolute atomic E-state index is 11.8. The van der Waals surface area contributed by atoms with Gasteiger partial charge in [-0.1, -0.05) is 18.0 Å². The van der Waals surface area contributed by atoms with Crippen LogP contribution >= 0.6 is 0 Å². The van der Waals surface area contributed by atoms with Crippen molar-refractivity contribution in [2.24, 2.45) is 11.7 Å². The van der Waals surface area contributed by atoms with Crippen LogP contribution in [-0.4, -0.2) is 28.6 Å². The van der Waals surface area contributed by atoms with E-state index < -0.39 is 0 Å². The number of aromatic nitrogens is 2. The third-order valence-corrected chi connectivity index (χ3v) is 4.09. The summed E-state index contributed by atoms with van der Waals surface area (Å²) in [5.74, 6) is 1.12. The van der Waals surface area contributed by atoms with Gasteiger partial charge in [0.2, 0.25) is 5.89 Å². The van der Waals surface area contributed by atoms with Crippen molar-refractivity contribution < 1.29 is 9.32 Å². The fourth-order valence-electron chi connectivity index (χ4n) is 2.77. The minimum atomic E-state index is -0.224. The molecule has 0 saturated heterocycles. The second-order valence-corrected chi connectivity index (χ2v) is 5.59. The Kier molecular flexibility index (Phi) is 3.50. The van der Waals surface area contributed by atoms with Gasteiger partial charge < -0.3 is 15.6 Å². The van der Waals surface area contributed by atoms with Crippen LogP contribution < -0.4 is 11.1 Å². The van der Waals surface area contributed by atoms with Crippen LogP contribution in [0.15, 0.2) is 4.52 Å². The van der Waals surface area contributed by atoms with Crippen LogP contribution in [-0.2, 0) is 0 Å². The summed E-state index contributed by atoms with van der Waals surface area (Å²) in [7, 11) is 0. The number of hydrogen-bond donors (Lipinski definition) is 2. The van der Waals surface area contributed by atoms with E-state index in [1.54, 1.807) is 0 Å². The standard InChI is InChI=1S/C13H20N4O2/c14-7-8-3-1-2-4-10(8)13-16-11(17-19-13)12(18)15-9-5-6-9/h8-10H,1-7,14H2,(H,15,18). The normalized spacial score (nSPS) is 27.2. The number of rotatable bonds is 4. The summed E-state index contributed by atoms with van der Waals surface area (Å²) in [4.78, 5) is 16.1. The van der Waals surface area contributed by atoms with Crippen LogP contribution in [0.4, 0.5) is 0 Å². The lowest BCUT2D eigenvalue weighted by Crippen LogP contribution is -2.27. The van der Waals surface area contributed by atoms with Gasteiger partial charge in [-0.05, 0) is 38.1 Å². The van der Waals surface area contributed by atoms with Crippen LogP contribution in [0.25, 0.3) is 0 Å². The maximum atomic E-state index is 11.8. The van der Waals surface area contributed by atoms with Gasteiger partial charge in [0, 0.05) is 12.0 Å². The second kappa shape index (κ2) is 5.28. The fourth-order valence-corrected chi connectivity index (χ4v) is 2.77. The molecule has 2 aliphatic rings. The Morgan fingerprint density at radius 2 is 2.11 bits per heavy atom. The average Bonchev–Trinajstić information content (AvgIpc) is 3.11. The van der Waals surface area contributed by atoms with E-state index in [1.807, 2.05) is 0 Å². The summed E-state index contributed by atoms with van der Waals surface area (Å²) in [5.41, 5.74) is 5.80. The molecule has 104 valence electrons. The number of hydrogen-bond acceptors (Lipinski definition) is 5. The van der Waals surface area contributed by atoms with Crippen LogP contribution in [0.1, 0.15) is 61.0 Å². The first kappa shape index (κ1) is 12.6. The molecule has 0 aliphatic heterocycles. The number of nitrogens with zero attached hydrogens (tertiary/aromatic N) is 2. The van der Waals surface area contributed by atoms with Crippen molar-refractivity contribution in [3.63, 3.8) is 0 Å². The summed E-state index contributed by atoms with van der Waals surface area (Å²) in [6, 6.07) is 0.306. The highest BCUT2D eigenvalue weighted by Crippen LogP contribution is 2.36. The average molecular weight is 264 g/mol. The molecule has 2 atom stereocenters. The molecule has 1 heterocycles. The lowest BCUT2D eigenvalue weighted by atomic mass is 9.79. The lowest BCUT2D eigenvalue weighted by Gasteiger charge is -2.27. The molecule has 2 unspecified atom stereocenters. The predicted molar refractivity (Wildman–Crippen MR) is 68.5 cm³/mol. The zero-order valence-electron chi connectivity index (χ0n) is 11.0. The van der Waals surface area contributed by atoms with E-state index in [9.17, 15) is 4.79 Å². The molecule has 1 aromatic heterocycles. The molecule has 6 heteroatoms. The van der Waals surface area contributed by atoms with E-state index >= 15 is 0 Å². The van der Waals surface area contributed by atoms with Crippen molar-refractivity contribution in [1.82, 2.24) is 15.5 Å². The van der Waals surface area contributed by atoms with Gasteiger partial charge in [-0.3, -0.25) is 4.79 Å². The van der Waals surface area contributed by atoms with E-state index in [-0.39, 0.29) is 17.6 Å². The minimum Gasteiger partial charge on any atom is -0.346 e. The smallest absolute Gasteiger partial charge is 0.292 e. The third kappa shape index (κ3) is 2.78. The molecule has 2 fully saturated rings. The van der Waals surface area contributed by atoms with Crippen LogP contribution in [0, 0.1) is 5.92 Å². The Morgan fingerprint density at radius 3 is 2.84 bits per heavy atom. The summed E-state index contributed by atoms with van der Waals surface area (Å²) in [5, 5.41) is 6.66. The van der Waals surface area contributed by atoms with E-state index in [0.717, 1.165) is 32.1 Å². The highest BCUT2D eigenvalue weighted by molar-refractivity contribution is 5.90. The Morgan fingerprint density at radius 1 is 1.32 bits per heavy atom. The molecule has 2 saturated carbocycles. The van der Waals surface area contributed by atoms with Crippen molar-refractivity contribution in [2.45, 2.75) is 50.5 Å². The molecular formula is C13H20N4O2. The van der Waals surface area contributed by atoms with E-state index in [2.05, 4.69) is 15.5 Å². The highest BCUT2D eigenvalue weighted by Gasteiger charge is 2.31. The topological polar surface area (TPSA) is 94.0 Å². The molecule has 19 heavy (non-hydrogen) atoms. The summed E-state index contributed by atoms with van der Waals surface area (Å²) in [6.07, 6.45) is 6.60. The van der Waals surface area contributed by atoms with Crippen molar-refractivity contribution in [3.8, 4) is 0 Å². The van der Waals surface area contributed by atoms with Gasteiger partial charge in [0.25, 0.3) is 11.7 Å². The quantitative estimate of drug-likeness (QED) is 0.852. The van der Waals surface area contributed by atoms with E-state index in [4.69, 9.17) is 10.3 Å². The molecule has 0 radical (unpaired) electrons.